The summed E-state index contributed by atoms with van der Waals surface area (Å²) in [5.74, 6) is 0.579. The zero-order chi connectivity index (χ0) is 8.55. The fraction of sp³-hybridized carbons (Fsp3) is 0.111. The second-order valence-corrected chi connectivity index (χ2v) is 2.78. The van der Waals surface area contributed by atoms with Crippen molar-refractivity contribution in [3.05, 3.63) is 30.5 Å². The Hall–Kier alpha value is -1.64. The van der Waals surface area contributed by atoms with E-state index in [0.29, 0.717) is 5.82 Å². The highest BCUT2D eigenvalue weighted by atomic mass is 15.3. The van der Waals surface area contributed by atoms with Gasteiger partial charge in [-0.2, -0.15) is 0 Å². The van der Waals surface area contributed by atoms with Crippen LogP contribution in [-0.4, -0.2) is 5.10 Å². The Morgan fingerprint density at radius 1 is 1.33 bits per heavy atom. The molecule has 0 fully saturated rings. The van der Waals surface area contributed by atoms with E-state index in [9.17, 15) is 0 Å². The Morgan fingerprint density at radius 3 is 2.92 bits per heavy atom. The van der Waals surface area contributed by atoms with E-state index in [0.717, 1.165) is 10.8 Å². The molecule has 3 nitrogen and oxygen atoms in total. The maximum atomic E-state index is 5.73. The number of fused-ring (bicyclic) bond motifs is 1. The number of hydrogen-bond donors (Lipinski definition) is 1. The summed E-state index contributed by atoms with van der Waals surface area (Å²) in [6.07, 6.45) is 1.95. The minimum Gasteiger partial charge on any atom is -0.378 e. The lowest BCUT2D eigenvalue weighted by molar-refractivity contribution is -0.728. The Morgan fingerprint density at radius 2 is 2.08 bits per heavy atom. The van der Waals surface area contributed by atoms with Crippen LogP contribution in [0.3, 0.4) is 0 Å². The quantitative estimate of drug-likeness (QED) is 0.575. The summed E-state index contributed by atoms with van der Waals surface area (Å²) in [5, 5.41) is 6.22. The van der Waals surface area contributed by atoms with Gasteiger partial charge < -0.3 is 5.73 Å². The molecule has 0 atom stereocenters. The molecule has 0 aliphatic carbocycles. The van der Waals surface area contributed by atoms with Gasteiger partial charge >= 0.3 is 0 Å². The summed E-state index contributed by atoms with van der Waals surface area (Å²) in [4.78, 5) is 0. The molecule has 2 N–H and O–H groups in total. The SMILES string of the molecule is C[n+]1cc2ccccc2c(N)n1. The fourth-order valence-corrected chi connectivity index (χ4v) is 1.30. The summed E-state index contributed by atoms with van der Waals surface area (Å²) < 4.78 is 1.72. The van der Waals surface area contributed by atoms with Gasteiger partial charge in [-0.15, -0.1) is 0 Å². The first-order chi connectivity index (χ1) is 5.77. The van der Waals surface area contributed by atoms with Crippen molar-refractivity contribution in [3.8, 4) is 0 Å². The minimum atomic E-state index is 0.579. The van der Waals surface area contributed by atoms with E-state index in [1.165, 1.54) is 0 Å². The molecule has 0 amide bonds. The van der Waals surface area contributed by atoms with Gasteiger partial charge in [0.05, 0.1) is 5.39 Å². The number of benzene rings is 1. The van der Waals surface area contributed by atoms with Gasteiger partial charge in [0.15, 0.2) is 12.9 Å². The number of nitrogens with two attached hydrogens (primary N) is 1. The lowest BCUT2D eigenvalue weighted by Gasteiger charge is -1.95. The van der Waals surface area contributed by atoms with Crippen molar-refractivity contribution < 1.29 is 4.68 Å². The van der Waals surface area contributed by atoms with Crippen molar-refractivity contribution in [3.63, 3.8) is 0 Å². The van der Waals surface area contributed by atoms with Crippen molar-refractivity contribution in [1.82, 2.24) is 5.10 Å². The van der Waals surface area contributed by atoms with E-state index in [1.807, 2.05) is 37.5 Å². The topological polar surface area (TPSA) is 42.8 Å². The van der Waals surface area contributed by atoms with Crippen LogP contribution in [0.5, 0.6) is 0 Å². The predicted octanol–water partition coefficient (Wildman–Crippen LogP) is 0.641. The van der Waals surface area contributed by atoms with Crippen LogP contribution < -0.4 is 10.4 Å². The third-order valence-corrected chi connectivity index (χ3v) is 1.83. The highest BCUT2D eigenvalue weighted by Gasteiger charge is 2.03. The number of nitrogens with zero attached hydrogens (tertiary/aromatic N) is 2. The number of rotatable bonds is 0. The molecule has 0 unspecified atom stereocenters. The zero-order valence-electron chi connectivity index (χ0n) is 6.86. The van der Waals surface area contributed by atoms with Gasteiger partial charge in [0.2, 0.25) is 6.20 Å². The van der Waals surface area contributed by atoms with Gasteiger partial charge in [-0.3, -0.25) is 0 Å². The van der Waals surface area contributed by atoms with Crippen molar-refractivity contribution in [1.29, 1.82) is 0 Å². The lowest BCUT2D eigenvalue weighted by atomic mass is 10.2. The van der Waals surface area contributed by atoms with Crippen molar-refractivity contribution in [2.24, 2.45) is 7.05 Å². The summed E-state index contributed by atoms with van der Waals surface area (Å²) in [6.45, 7) is 0. The molecule has 2 aromatic rings. The average molecular weight is 160 g/mol. The Balaban J connectivity index is 2.89. The summed E-state index contributed by atoms with van der Waals surface area (Å²) in [5.41, 5.74) is 5.73. The predicted molar refractivity (Wildman–Crippen MR) is 47.3 cm³/mol. The standard InChI is InChI=1S/C9H10N3/c1-12-6-7-4-2-3-5-8(7)9(10)11-12/h2-6H,1H3,(H2,10,11)/q+1. The minimum absolute atomic E-state index is 0.579. The Kier molecular flexibility index (Phi) is 1.43. The third kappa shape index (κ3) is 0.993. The molecular weight excluding hydrogens is 150 g/mol. The van der Waals surface area contributed by atoms with E-state index in [4.69, 9.17) is 5.73 Å². The van der Waals surface area contributed by atoms with Crippen LogP contribution in [0.15, 0.2) is 30.5 Å². The molecule has 0 radical (unpaired) electrons. The van der Waals surface area contributed by atoms with Gasteiger partial charge in [0, 0.05) is 10.5 Å². The Labute approximate surface area is 70.4 Å². The molecule has 0 saturated carbocycles. The molecule has 0 aliphatic heterocycles. The highest BCUT2D eigenvalue weighted by Crippen LogP contribution is 2.14. The van der Waals surface area contributed by atoms with Gasteiger partial charge in [-0.25, -0.2) is 0 Å². The van der Waals surface area contributed by atoms with Crippen LogP contribution in [0.4, 0.5) is 5.82 Å². The molecule has 3 heteroatoms. The van der Waals surface area contributed by atoms with Crippen molar-refractivity contribution >= 4 is 16.6 Å². The molecule has 1 aromatic heterocycles. The molecule has 0 spiro atoms. The smallest absolute Gasteiger partial charge is 0.203 e. The number of anilines is 1. The molecule has 0 aliphatic rings. The summed E-state index contributed by atoms with van der Waals surface area (Å²) in [7, 11) is 1.86. The van der Waals surface area contributed by atoms with Crippen LogP contribution in [0.25, 0.3) is 10.8 Å². The second kappa shape index (κ2) is 2.44. The fourth-order valence-electron chi connectivity index (χ4n) is 1.30. The monoisotopic (exact) mass is 160 g/mol. The van der Waals surface area contributed by atoms with E-state index in [2.05, 4.69) is 5.10 Å². The molecule has 2 rings (SSSR count). The first kappa shape index (κ1) is 7.03. The summed E-state index contributed by atoms with van der Waals surface area (Å²) in [6, 6.07) is 7.94. The van der Waals surface area contributed by atoms with E-state index in [-0.39, 0.29) is 0 Å². The van der Waals surface area contributed by atoms with Crippen LogP contribution >= 0.6 is 0 Å². The van der Waals surface area contributed by atoms with Crippen molar-refractivity contribution in [2.75, 3.05) is 5.73 Å². The molecule has 60 valence electrons. The average Bonchev–Trinajstić information content (AvgIpc) is 2.04. The highest BCUT2D eigenvalue weighted by molar-refractivity contribution is 5.89. The molecule has 0 bridgehead atoms. The van der Waals surface area contributed by atoms with Crippen molar-refractivity contribution in [2.45, 2.75) is 0 Å². The maximum Gasteiger partial charge on any atom is 0.203 e. The number of aromatic nitrogens is 2. The van der Waals surface area contributed by atoms with Crippen LogP contribution in [0.1, 0.15) is 0 Å². The first-order valence-electron chi connectivity index (χ1n) is 3.78. The second-order valence-electron chi connectivity index (χ2n) is 2.78. The molecule has 0 saturated heterocycles. The Bertz CT molecular complexity index is 423. The van der Waals surface area contributed by atoms with Gasteiger partial charge in [-0.05, 0) is 6.07 Å². The maximum absolute atomic E-state index is 5.73. The zero-order valence-corrected chi connectivity index (χ0v) is 6.86. The lowest BCUT2D eigenvalue weighted by Crippen LogP contribution is -2.32. The van der Waals surface area contributed by atoms with Crippen LogP contribution in [-0.2, 0) is 7.05 Å². The third-order valence-electron chi connectivity index (χ3n) is 1.83. The molecular formula is C9H10N3+. The number of nitrogen functional groups attached to an aromatic ring is 1. The van der Waals surface area contributed by atoms with Crippen LogP contribution in [0.2, 0.25) is 0 Å². The van der Waals surface area contributed by atoms with Gasteiger partial charge in [0.25, 0.3) is 0 Å². The number of hydrogen-bond acceptors (Lipinski definition) is 2. The van der Waals surface area contributed by atoms with E-state index >= 15 is 0 Å². The van der Waals surface area contributed by atoms with Crippen LogP contribution in [0, 0.1) is 0 Å². The molecule has 12 heavy (non-hydrogen) atoms. The van der Waals surface area contributed by atoms with E-state index < -0.39 is 0 Å². The van der Waals surface area contributed by atoms with Gasteiger partial charge in [-0.1, -0.05) is 22.9 Å². The molecule has 1 heterocycles. The first-order valence-corrected chi connectivity index (χ1v) is 3.78. The largest absolute Gasteiger partial charge is 0.378 e. The van der Waals surface area contributed by atoms with E-state index in [1.54, 1.807) is 4.68 Å². The normalized spacial score (nSPS) is 10.4. The molecule has 1 aromatic carbocycles. The van der Waals surface area contributed by atoms with Gasteiger partial charge in [0.1, 0.15) is 0 Å². The summed E-state index contributed by atoms with van der Waals surface area (Å²) >= 11 is 0. The number of aryl methyl sites for hydroxylation is 1.